The predicted molar refractivity (Wildman–Crippen MR) is 67.7 cm³/mol. The highest BCUT2D eigenvalue weighted by Crippen LogP contribution is 2.21. The van der Waals surface area contributed by atoms with Gasteiger partial charge in [0.1, 0.15) is 10.7 Å². The summed E-state index contributed by atoms with van der Waals surface area (Å²) in [6.07, 6.45) is 1.42. The van der Waals surface area contributed by atoms with Gasteiger partial charge in [0.25, 0.3) is 0 Å². The van der Waals surface area contributed by atoms with Crippen molar-refractivity contribution in [3.8, 4) is 0 Å². The topological polar surface area (TPSA) is 125 Å². The summed E-state index contributed by atoms with van der Waals surface area (Å²) in [5.41, 5.74) is -0.386. The van der Waals surface area contributed by atoms with Gasteiger partial charge in [-0.05, 0) is 26.0 Å². The molecular weight excluding hydrogens is 286 g/mol. The number of aryl methyl sites for hydroxylation is 1. The first kappa shape index (κ1) is 14.3. The van der Waals surface area contributed by atoms with Crippen molar-refractivity contribution in [2.75, 3.05) is 0 Å². The minimum Gasteiger partial charge on any atom is -0.476 e. The Morgan fingerprint density at radius 2 is 2.25 bits per heavy atom. The highest BCUT2D eigenvalue weighted by atomic mass is 32.2. The van der Waals surface area contributed by atoms with Crippen LogP contribution in [0.2, 0.25) is 0 Å². The van der Waals surface area contributed by atoms with E-state index in [2.05, 4.69) is 14.9 Å². The van der Waals surface area contributed by atoms with Crippen LogP contribution >= 0.6 is 0 Å². The second-order valence-electron chi connectivity index (χ2n) is 4.19. The van der Waals surface area contributed by atoms with Crippen LogP contribution in [0.15, 0.2) is 27.7 Å². The quantitative estimate of drug-likeness (QED) is 0.757. The number of nitrogens with one attached hydrogen (secondary N) is 2. The van der Waals surface area contributed by atoms with Gasteiger partial charge in [0.05, 0.1) is 18.0 Å². The Labute approximate surface area is 114 Å². The zero-order chi connectivity index (χ0) is 14.9. The van der Waals surface area contributed by atoms with E-state index >= 15 is 0 Å². The van der Waals surface area contributed by atoms with Crippen LogP contribution in [0.5, 0.6) is 0 Å². The minimum atomic E-state index is -4.03. The van der Waals surface area contributed by atoms with Crippen LogP contribution in [0.3, 0.4) is 0 Å². The molecule has 0 fully saturated rings. The number of nitrogens with zero attached hydrogens (tertiary/aromatic N) is 1. The molecule has 2 aromatic rings. The zero-order valence-corrected chi connectivity index (χ0v) is 11.6. The van der Waals surface area contributed by atoms with Crippen molar-refractivity contribution in [3.05, 3.63) is 35.5 Å². The summed E-state index contributed by atoms with van der Waals surface area (Å²) in [5.74, 6) is -0.994. The summed E-state index contributed by atoms with van der Waals surface area (Å²) in [7, 11) is -4.03. The number of H-pyrrole nitrogens is 1. The van der Waals surface area contributed by atoms with Crippen LogP contribution in [0.4, 0.5) is 0 Å². The van der Waals surface area contributed by atoms with Gasteiger partial charge in [0.15, 0.2) is 5.69 Å². The fourth-order valence-corrected chi connectivity index (χ4v) is 3.32. The maximum Gasteiger partial charge on any atom is 0.357 e. The van der Waals surface area contributed by atoms with Crippen LogP contribution in [0.25, 0.3) is 0 Å². The molecule has 0 aliphatic rings. The Bertz CT molecular complexity index is 717. The van der Waals surface area contributed by atoms with E-state index in [9.17, 15) is 13.2 Å². The molecule has 1 unspecified atom stereocenters. The molecule has 0 spiro atoms. The van der Waals surface area contributed by atoms with E-state index in [1.54, 1.807) is 19.1 Å². The molecule has 8 nitrogen and oxygen atoms in total. The normalized spacial score (nSPS) is 13.3. The largest absolute Gasteiger partial charge is 0.476 e. The Hall–Kier alpha value is -2.13. The van der Waals surface area contributed by atoms with Gasteiger partial charge in [-0.25, -0.2) is 17.9 Å². The van der Waals surface area contributed by atoms with Crippen LogP contribution in [-0.4, -0.2) is 29.7 Å². The zero-order valence-electron chi connectivity index (χ0n) is 10.7. The van der Waals surface area contributed by atoms with E-state index < -0.39 is 27.7 Å². The van der Waals surface area contributed by atoms with E-state index in [1.807, 2.05) is 0 Å². The Kier molecular flexibility index (Phi) is 3.64. The Morgan fingerprint density at radius 3 is 2.80 bits per heavy atom. The molecule has 0 bridgehead atoms. The van der Waals surface area contributed by atoms with Gasteiger partial charge in [-0.1, -0.05) is 0 Å². The van der Waals surface area contributed by atoms with Crippen molar-refractivity contribution in [1.29, 1.82) is 0 Å². The third-order valence-corrected chi connectivity index (χ3v) is 4.37. The maximum absolute atomic E-state index is 12.3. The number of carboxylic acids is 1. The first-order chi connectivity index (χ1) is 9.33. The maximum atomic E-state index is 12.3. The predicted octanol–water partition coefficient (Wildman–Crippen LogP) is 1.05. The van der Waals surface area contributed by atoms with Crippen molar-refractivity contribution in [3.63, 3.8) is 0 Å². The number of hydrogen-bond acceptors (Lipinski definition) is 5. The number of carbonyl (C=O) groups is 1. The molecule has 0 saturated heterocycles. The third-order valence-electron chi connectivity index (χ3n) is 2.66. The van der Waals surface area contributed by atoms with Crippen LogP contribution < -0.4 is 4.72 Å². The molecule has 0 amide bonds. The molecule has 108 valence electrons. The van der Waals surface area contributed by atoms with Crippen molar-refractivity contribution in [2.45, 2.75) is 24.8 Å². The number of aromatic amines is 1. The van der Waals surface area contributed by atoms with Crippen LogP contribution in [-0.2, 0) is 10.0 Å². The molecule has 2 rings (SSSR count). The van der Waals surface area contributed by atoms with Gasteiger partial charge in [-0.15, -0.1) is 0 Å². The molecule has 20 heavy (non-hydrogen) atoms. The van der Waals surface area contributed by atoms with Gasteiger partial charge in [0, 0.05) is 0 Å². The van der Waals surface area contributed by atoms with E-state index in [-0.39, 0.29) is 10.6 Å². The van der Waals surface area contributed by atoms with E-state index in [4.69, 9.17) is 9.52 Å². The van der Waals surface area contributed by atoms with Gasteiger partial charge in [0.2, 0.25) is 10.0 Å². The smallest absolute Gasteiger partial charge is 0.357 e. The Morgan fingerprint density at radius 1 is 1.55 bits per heavy atom. The highest BCUT2D eigenvalue weighted by molar-refractivity contribution is 7.89. The number of sulfonamides is 1. The molecule has 3 N–H and O–H groups in total. The van der Waals surface area contributed by atoms with Crippen molar-refractivity contribution < 1.29 is 22.7 Å². The molecule has 0 aromatic carbocycles. The first-order valence-corrected chi connectivity index (χ1v) is 7.15. The number of hydrogen-bond donors (Lipinski definition) is 3. The van der Waals surface area contributed by atoms with Crippen LogP contribution in [0, 0.1) is 6.92 Å². The van der Waals surface area contributed by atoms with Gasteiger partial charge in [-0.2, -0.15) is 5.10 Å². The van der Waals surface area contributed by atoms with Crippen molar-refractivity contribution in [2.24, 2.45) is 0 Å². The summed E-state index contributed by atoms with van der Waals surface area (Å²) >= 11 is 0. The monoisotopic (exact) mass is 299 g/mol. The first-order valence-electron chi connectivity index (χ1n) is 5.67. The fourth-order valence-electron chi connectivity index (χ4n) is 1.78. The fraction of sp³-hybridized carbons (Fsp3) is 0.273. The number of carboxylic acid groups (broad SMARTS) is 1. The van der Waals surface area contributed by atoms with Crippen LogP contribution in [0.1, 0.15) is 34.9 Å². The summed E-state index contributed by atoms with van der Waals surface area (Å²) < 4.78 is 32.0. The van der Waals surface area contributed by atoms with E-state index in [1.165, 1.54) is 13.2 Å². The molecule has 0 saturated carbocycles. The SMILES string of the molecule is Cc1[nH]nc(C(=O)O)c1S(=O)(=O)NC(C)c1ccco1. The number of rotatable bonds is 5. The standard InChI is InChI=1S/C11H13N3O5S/c1-6(8-4-3-5-19-8)14-20(17,18)10-7(2)12-13-9(10)11(15)16/h3-6,14H,1-2H3,(H,12,13)(H,15,16). The molecule has 0 radical (unpaired) electrons. The molecule has 9 heteroatoms. The second-order valence-corrected chi connectivity index (χ2v) is 5.84. The van der Waals surface area contributed by atoms with E-state index in [0.717, 1.165) is 0 Å². The molecule has 2 aromatic heterocycles. The number of furan rings is 1. The lowest BCUT2D eigenvalue weighted by molar-refractivity contribution is 0.0686. The van der Waals surface area contributed by atoms with Gasteiger partial charge >= 0.3 is 5.97 Å². The van der Waals surface area contributed by atoms with Gasteiger partial charge in [-0.3, -0.25) is 5.10 Å². The van der Waals surface area contributed by atoms with Gasteiger partial charge < -0.3 is 9.52 Å². The van der Waals surface area contributed by atoms with E-state index in [0.29, 0.717) is 5.76 Å². The number of aromatic carboxylic acids is 1. The average Bonchev–Trinajstić information content (AvgIpc) is 2.96. The molecule has 0 aliphatic carbocycles. The molecule has 1 atom stereocenters. The van der Waals surface area contributed by atoms with Crippen molar-refractivity contribution >= 4 is 16.0 Å². The lowest BCUT2D eigenvalue weighted by Gasteiger charge is -2.12. The second kappa shape index (κ2) is 5.10. The van der Waals surface area contributed by atoms with Crippen molar-refractivity contribution in [1.82, 2.24) is 14.9 Å². The summed E-state index contributed by atoms with van der Waals surface area (Å²) in [6, 6.07) is 2.62. The highest BCUT2D eigenvalue weighted by Gasteiger charge is 2.30. The lowest BCUT2D eigenvalue weighted by atomic mass is 10.3. The Balaban J connectivity index is 2.36. The third kappa shape index (κ3) is 2.58. The summed E-state index contributed by atoms with van der Waals surface area (Å²) in [6.45, 7) is 3.03. The minimum absolute atomic E-state index is 0.154. The lowest BCUT2D eigenvalue weighted by Crippen LogP contribution is -2.28. The molecule has 2 heterocycles. The summed E-state index contributed by atoms with van der Waals surface area (Å²) in [5, 5.41) is 14.8. The molecule has 0 aliphatic heterocycles. The number of aromatic nitrogens is 2. The average molecular weight is 299 g/mol. The summed E-state index contributed by atoms with van der Waals surface area (Å²) in [4.78, 5) is 10.6. The molecular formula is C11H13N3O5S.